The number of aromatic amines is 1. The van der Waals surface area contributed by atoms with E-state index in [4.69, 9.17) is 16.9 Å². The Hall–Kier alpha value is -2.57. The molecule has 0 atom stereocenters. The van der Waals surface area contributed by atoms with Crippen LogP contribution in [0.3, 0.4) is 0 Å². The van der Waals surface area contributed by atoms with Crippen LogP contribution in [0.1, 0.15) is 5.56 Å². The standard InChI is InChI=1S/C12H9ClN6O2S/c1-19-6-10(16-18-19)22(20,21)17-9-3-2-8(13)11-7(4-14)5-15-12(9)11/h2-3,5-6,15,17H,1H3. The molecule has 2 aromatic heterocycles. The molecule has 10 heteroatoms. The molecule has 22 heavy (non-hydrogen) atoms. The number of nitrogens with zero attached hydrogens (tertiary/aromatic N) is 4. The molecule has 0 amide bonds. The zero-order chi connectivity index (χ0) is 15.9. The van der Waals surface area contributed by atoms with Crippen molar-refractivity contribution in [1.29, 1.82) is 5.26 Å². The average molecular weight is 337 g/mol. The zero-order valence-electron chi connectivity index (χ0n) is 11.2. The van der Waals surface area contributed by atoms with Crippen molar-refractivity contribution in [3.8, 4) is 6.07 Å². The van der Waals surface area contributed by atoms with Gasteiger partial charge < -0.3 is 4.98 Å². The molecular formula is C12H9ClN6O2S. The average Bonchev–Trinajstić information content (AvgIpc) is 3.08. The Morgan fingerprint density at radius 2 is 2.23 bits per heavy atom. The molecular weight excluding hydrogens is 328 g/mol. The fourth-order valence-electron chi connectivity index (χ4n) is 2.03. The SMILES string of the molecule is Cn1cc(S(=O)(=O)Nc2ccc(Cl)c3c(C#N)c[nH]c23)nn1. The number of hydrogen-bond acceptors (Lipinski definition) is 5. The van der Waals surface area contributed by atoms with E-state index in [0.29, 0.717) is 21.5 Å². The number of rotatable bonds is 3. The highest BCUT2D eigenvalue weighted by atomic mass is 35.5. The number of nitrogens with one attached hydrogen (secondary N) is 2. The molecule has 0 aliphatic heterocycles. The monoisotopic (exact) mass is 336 g/mol. The Bertz CT molecular complexity index is 1010. The van der Waals surface area contributed by atoms with Gasteiger partial charge in [0, 0.05) is 18.6 Å². The van der Waals surface area contributed by atoms with Crippen LogP contribution in [0.5, 0.6) is 0 Å². The maximum absolute atomic E-state index is 12.3. The maximum atomic E-state index is 12.3. The van der Waals surface area contributed by atoms with Crippen LogP contribution in [0.25, 0.3) is 10.9 Å². The van der Waals surface area contributed by atoms with E-state index in [9.17, 15) is 8.42 Å². The summed E-state index contributed by atoms with van der Waals surface area (Å²) in [5.41, 5.74) is 1.03. The molecule has 0 unspecified atom stereocenters. The minimum Gasteiger partial charge on any atom is -0.358 e. The van der Waals surface area contributed by atoms with Gasteiger partial charge in [0.05, 0.1) is 28.0 Å². The number of nitriles is 1. The predicted molar refractivity (Wildman–Crippen MR) is 79.8 cm³/mol. The van der Waals surface area contributed by atoms with E-state index in [-0.39, 0.29) is 10.7 Å². The van der Waals surface area contributed by atoms with Gasteiger partial charge in [-0.05, 0) is 12.1 Å². The van der Waals surface area contributed by atoms with Crippen molar-refractivity contribution in [3.05, 3.63) is 35.1 Å². The fraction of sp³-hybridized carbons (Fsp3) is 0.0833. The number of sulfonamides is 1. The summed E-state index contributed by atoms with van der Waals surface area (Å²) in [6, 6.07) is 5.03. The first-order chi connectivity index (χ1) is 10.4. The van der Waals surface area contributed by atoms with Crippen LogP contribution in [0.2, 0.25) is 5.02 Å². The van der Waals surface area contributed by atoms with Crippen molar-refractivity contribution in [2.75, 3.05) is 4.72 Å². The number of hydrogen-bond donors (Lipinski definition) is 2. The third-order valence-electron chi connectivity index (χ3n) is 3.01. The minimum atomic E-state index is -3.88. The molecule has 1 aromatic carbocycles. The van der Waals surface area contributed by atoms with Crippen LogP contribution in [0.15, 0.2) is 29.6 Å². The molecule has 0 spiro atoms. The van der Waals surface area contributed by atoms with Crippen LogP contribution in [-0.4, -0.2) is 28.4 Å². The number of aromatic nitrogens is 4. The molecule has 0 fully saturated rings. The first kappa shape index (κ1) is 14.4. The second kappa shape index (κ2) is 5.01. The van der Waals surface area contributed by atoms with E-state index in [2.05, 4.69) is 20.0 Å². The molecule has 2 heterocycles. The van der Waals surface area contributed by atoms with Gasteiger partial charge in [0.15, 0.2) is 0 Å². The molecule has 2 N–H and O–H groups in total. The highest BCUT2D eigenvalue weighted by Crippen LogP contribution is 2.32. The topological polar surface area (TPSA) is 116 Å². The molecule has 3 rings (SSSR count). The Kier molecular flexibility index (Phi) is 3.27. The number of anilines is 1. The Morgan fingerprint density at radius 3 is 2.86 bits per heavy atom. The van der Waals surface area contributed by atoms with Gasteiger partial charge in [-0.2, -0.15) is 13.7 Å². The molecule has 3 aromatic rings. The van der Waals surface area contributed by atoms with Crippen molar-refractivity contribution in [3.63, 3.8) is 0 Å². The third kappa shape index (κ3) is 2.28. The number of halogens is 1. The molecule has 0 radical (unpaired) electrons. The lowest BCUT2D eigenvalue weighted by Crippen LogP contribution is -2.13. The Labute approximate surface area is 130 Å². The molecule has 0 saturated heterocycles. The van der Waals surface area contributed by atoms with Gasteiger partial charge in [0.2, 0.25) is 5.03 Å². The van der Waals surface area contributed by atoms with Crippen LogP contribution in [0.4, 0.5) is 5.69 Å². The lowest BCUT2D eigenvalue weighted by molar-refractivity contribution is 0.597. The van der Waals surface area contributed by atoms with Gasteiger partial charge in [-0.3, -0.25) is 9.40 Å². The molecule has 112 valence electrons. The summed E-state index contributed by atoms with van der Waals surface area (Å²) in [6.45, 7) is 0. The van der Waals surface area contributed by atoms with E-state index >= 15 is 0 Å². The van der Waals surface area contributed by atoms with Gasteiger partial charge in [0.1, 0.15) is 6.07 Å². The lowest BCUT2D eigenvalue weighted by Gasteiger charge is -2.07. The van der Waals surface area contributed by atoms with Gasteiger partial charge in [-0.25, -0.2) is 0 Å². The molecule has 0 saturated carbocycles. The van der Waals surface area contributed by atoms with Crippen molar-refractivity contribution in [1.82, 2.24) is 20.0 Å². The molecule has 8 nitrogen and oxygen atoms in total. The maximum Gasteiger partial charge on any atom is 0.282 e. The first-order valence-corrected chi connectivity index (χ1v) is 7.87. The van der Waals surface area contributed by atoms with Crippen molar-refractivity contribution in [2.45, 2.75) is 5.03 Å². The highest BCUT2D eigenvalue weighted by molar-refractivity contribution is 7.92. The number of aryl methyl sites for hydroxylation is 1. The Balaban J connectivity index is 2.11. The van der Waals surface area contributed by atoms with Crippen LogP contribution in [-0.2, 0) is 17.1 Å². The zero-order valence-corrected chi connectivity index (χ0v) is 12.8. The minimum absolute atomic E-state index is 0.204. The van der Waals surface area contributed by atoms with E-state index in [1.807, 2.05) is 6.07 Å². The highest BCUT2D eigenvalue weighted by Gasteiger charge is 2.21. The molecule has 0 bridgehead atoms. The normalized spacial score (nSPS) is 11.5. The second-order valence-corrected chi connectivity index (χ2v) is 6.53. The van der Waals surface area contributed by atoms with Crippen molar-refractivity contribution in [2.24, 2.45) is 7.05 Å². The van der Waals surface area contributed by atoms with Gasteiger partial charge in [0.25, 0.3) is 10.0 Å². The van der Waals surface area contributed by atoms with Crippen LogP contribution >= 0.6 is 11.6 Å². The van der Waals surface area contributed by atoms with Gasteiger partial charge >= 0.3 is 0 Å². The fourth-order valence-corrected chi connectivity index (χ4v) is 3.29. The molecule has 0 aliphatic carbocycles. The summed E-state index contributed by atoms with van der Waals surface area (Å²) >= 11 is 6.07. The van der Waals surface area contributed by atoms with Gasteiger partial charge in [-0.15, -0.1) is 5.10 Å². The summed E-state index contributed by atoms with van der Waals surface area (Å²) in [5, 5.41) is 16.8. The van der Waals surface area contributed by atoms with Crippen molar-refractivity contribution >= 4 is 38.2 Å². The van der Waals surface area contributed by atoms with Crippen molar-refractivity contribution < 1.29 is 8.42 Å². The number of H-pyrrole nitrogens is 1. The summed E-state index contributed by atoms with van der Waals surface area (Å²) in [4.78, 5) is 2.85. The Morgan fingerprint density at radius 1 is 1.45 bits per heavy atom. The van der Waals surface area contributed by atoms with Gasteiger partial charge in [-0.1, -0.05) is 16.8 Å². The lowest BCUT2D eigenvalue weighted by atomic mass is 10.1. The summed E-state index contributed by atoms with van der Waals surface area (Å²) in [5.74, 6) is 0. The number of benzene rings is 1. The third-order valence-corrected chi connectivity index (χ3v) is 4.55. The van der Waals surface area contributed by atoms with E-state index in [0.717, 1.165) is 0 Å². The summed E-state index contributed by atoms with van der Waals surface area (Å²) < 4.78 is 28.3. The predicted octanol–water partition coefficient (Wildman–Crippen LogP) is 1.62. The smallest absolute Gasteiger partial charge is 0.282 e. The largest absolute Gasteiger partial charge is 0.358 e. The molecule has 0 aliphatic rings. The summed E-state index contributed by atoms with van der Waals surface area (Å²) in [6.07, 6.45) is 2.75. The first-order valence-electron chi connectivity index (χ1n) is 6.01. The van der Waals surface area contributed by atoms with E-state index in [1.54, 1.807) is 7.05 Å². The number of fused-ring (bicyclic) bond motifs is 1. The quantitative estimate of drug-likeness (QED) is 0.753. The van der Waals surface area contributed by atoms with E-state index in [1.165, 1.54) is 29.2 Å². The second-order valence-electron chi connectivity index (χ2n) is 4.50. The van der Waals surface area contributed by atoms with E-state index < -0.39 is 10.0 Å². The van der Waals surface area contributed by atoms with Crippen LogP contribution in [0, 0.1) is 11.3 Å². The summed E-state index contributed by atoms with van der Waals surface area (Å²) in [7, 11) is -2.32. The van der Waals surface area contributed by atoms with Crippen LogP contribution < -0.4 is 4.72 Å².